The fraction of sp³-hybridized carbons (Fsp3) is 0.732. The Morgan fingerprint density at radius 2 is 1.51 bits per heavy atom. The average molecular weight is 851 g/mol. The Morgan fingerprint density at radius 1 is 1.00 bits per heavy atom. The lowest BCUT2D eigenvalue weighted by Gasteiger charge is -2.31. The molecule has 1 saturated heterocycles. The van der Waals surface area contributed by atoms with Crippen LogP contribution in [0.25, 0.3) is 17.0 Å². The zero-order chi connectivity index (χ0) is 46.8. The number of aliphatic hydroxyl groups excluding tert-OH is 1. The maximum atomic E-state index is 11.6. The zero-order valence-electron chi connectivity index (χ0n) is 38.3. The number of aliphatic hydroxyl groups is 5. The molecule has 59 heavy (non-hydrogen) atoms. The van der Waals surface area contributed by atoms with Gasteiger partial charge in [-0.1, -0.05) is 29.2 Å². The van der Waals surface area contributed by atoms with E-state index in [2.05, 4.69) is 25.9 Å². The van der Waals surface area contributed by atoms with Crippen LogP contribution in [0.5, 0.6) is 0 Å². The van der Waals surface area contributed by atoms with Crippen molar-refractivity contribution in [1.29, 1.82) is 0 Å². The molecule has 334 valence electrons. The SMILES string of the molecule is CC(C)(O)C(C)(C)O.CC(C)(O)C(C)(C)O.CCN(CCNC=O)C(=O)OC(C)(C)C.CCO.[B][B].[B]c1c(/C=C\CCOC)c(Cl)cc2c1cnn2C1CCCCO1. The number of rotatable bonds is 12. The van der Waals surface area contributed by atoms with Crippen LogP contribution in [0.3, 0.4) is 0 Å². The molecule has 0 spiro atoms. The Morgan fingerprint density at radius 3 is 1.90 bits per heavy atom. The molecule has 2 amide bonds. The van der Waals surface area contributed by atoms with Gasteiger partial charge in [-0.2, -0.15) is 5.10 Å². The quantitative estimate of drug-likeness (QED) is 0.0999. The first-order valence-corrected chi connectivity index (χ1v) is 20.1. The third-order valence-corrected chi connectivity index (χ3v) is 9.09. The summed E-state index contributed by atoms with van der Waals surface area (Å²) in [4.78, 5) is 23.1. The Balaban J connectivity index is -0.000000751. The molecule has 1 atom stereocenters. The molecule has 1 aromatic carbocycles. The molecule has 2 aromatic rings. The monoisotopic (exact) mass is 851 g/mol. The van der Waals surface area contributed by atoms with Crippen LogP contribution in [-0.4, -0.2) is 151 Å². The Bertz CT molecular complexity index is 1410. The standard InChI is InChI=1S/C17H20BClN2O2.C10H20N2O3.2C6H14O2.C2H6O.B2/c1-22-8-4-2-6-12-14(19)10-15-13(17(12)18)11-20-21(15)16-7-3-5-9-23-16;1-5-12(7-6-11-8-13)9(14)15-10(2,3)4;2*1-5(2,7)6(3,4)8;1-2-3;1-2/h2,6,10-11,16H,3-5,7-9H2,1H3;8H,5-7H2,1-4H3,(H,11,13);2*7-8H,1-4H3;3H,2H2,1H3;/b6-2-;;;;;. The maximum Gasteiger partial charge on any atom is 0.410 e. The van der Waals surface area contributed by atoms with Gasteiger partial charge in [-0.15, -0.1) is 0 Å². The summed E-state index contributed by atoms with van der Waals surface area (Å²) < 4.78 is 17.9. The summed E-state index contributed by atoms with van der Waals surface area (Å²) in [6.45, 7) is 24.8. The van der Waals surface area contributed by atoms with Crippen molar-refractivity contribution in [3.8, 4) is 0 Å². The van der Waals surface area contributed by atoms with Gasteiger partial charge in [-0.05, 0) is 127 Å². The van der Waals surface area contributed by atoms with E-state index in [1.54, 1.807) is 80.5 Å². The van der Waals surface area contributed by atoms with E-state index < -0.39 is 28.0 Å². The number of nitrogens with zero attached hydrogens (tertiary/aromatic N) is 3. The van der Waals surface area contributed by atoms with Crippen LogP contribution in [-0.2, 0) is 19.0 Å². The van der Waals surface area contributed by atoms with E-state index in [0.29, 0.717) is 43.1 Å². The summed E-state index contributed by atoms with van der Waals surface area (Å²) in [5.41, 5.74) is -2.10. The topological polar surface area (TPSA) is 196 Å². The summed E-state index contributed by atoms with van der Waals surface area (Å²) in [6.07, 6.45) is 10.0. The number of aromatic nitrogens is 2. The van der Waals surface area contributed by atoms with E-state index in [1.165, 1.54) is 0 Å². The molecule has 0 saturated carbocycles. The third kappa shape index (κ3) is 25.7. The predicted molar refractivity (Wildman–Crippen MR) is 242 cm³/mol. The van der Waals surface area contributed by atoms with Gasteiger partial charge in [0.2, 0.25) is 6.41 Å². The Kier molecular flexibility index (Phi) is 30.4. The van der Waals surface area contributed by atoms with Crippen LogP contribution >= 0.6 is 11.6 Å². The first kappa shape index (κ1) is 60.7. The number of ether oxygens (including phenoxy) is 3. The molecule has 18 heteroatoms. The van der Waals surface area contributed by atoms with Crippen molar-refractivity contribution < 1.29 is 49.3 Å². The molecular weight excluding hydrogens is 776 g/mol. The third-order valence-electron chi connectivity index (χ3n) is 8.77. The maximum absolute atomic E-state index is 11.6. The van der Waals surface area contributed by atoms with Gasteiger partial charge in [0, 0.05) is 72.4 Å². The second-order valence-corrected chi connectivity index (χ2v) is 16.8. The fourth-order valence-electron chi connectivity index (χ4n) is 3.86. The second-order valence-electron chi connectivity index (χ2n) is 16.4. The number of hydrogen-bond donors (Lipinski definition) is 6. The van der Waals surface area contributed by atoms with Gasteiger partial charge < -0.3 is 50.0 Å². The highest BCUT2D eigenvalue weighted by Crippen LogP contribution is 2.29. The van der Waals surface area contributed by atoms with Crippen molar-refractivity contribution in [2.45, 2.75) is 150 Å². The number of amides is 2. The lowest BCUT2D eigenvalue weighted by atomic mass is 9.81. The van der Waals surface area contributed by atoms with E-state index in [0.717, 1.165) is 48.8 Å². The number of fused-ring (bicyclic) bond motifs is 1. The first-order valence-electron chi connectivity index (χ1n) is 19.7. The van der Waals surface area contributed by atoms with Crippen LogP contribution in [0.2, 0.25) is 5.02 Å². The molecule has 1 aromatic heterocycles. The Labute approximate surface area is 363 Å². The number of carbonyl (C=O) groups excluding carboxylic acids is 2. The molecule has 6 radical (unpaired) electrons. The molecule has 1 aliphatic rings. The predicted octanol–water partition coefficient (Wildman–Crippen LogP) is 4.52. The highest BCUT2D eigenvalue weighted by Gasteiger charge is 2.32. The van der Waals surface area contributed by atoms with Gasteiger partial charge >= 0.3 is 6.09 Å². The number of likely N-dealkylation sites (N-methyl/N-ethyl adjacent to an activating group) is 1. The normalized spacial score (nSPS) is 14.3. The van der Waals surface area contributed by atoms with Crippen molar-refractivity contribution >= 4 is 69.9 Å². The summed E-state index contributed by atoms with van der Waals surface area (Å²) in [7, 11) is 16.0. The van der Waals surface area contributed by atoms with Crippen molar-refractivity contribution in [3.63, 3.8) is 0 Å². The first-order chi connectivity index (χ1) is 27.0. The summed E-state index contributed by atoms with van der Waals surface area (Å²) >= 11 is 6.44. The van der Waals surface area contributed by atoms with Crippen molar-refractivity contribution in [1.82, 2.24) is 20.0 Å². The number of benzene rings is 1. The van der Waals surface area contributed by atoms with Crippen LogP contribution in [0.1, 0.15) is 127 Å². The largest absolute Gasteiger partial charge is 0.444 e. The molecule has 14 nitrogen and oxygen atoms in total. The summed E-state index contributed by atoms with van der Waals surface area (Å²) in [6, 6.07) is 1.92. The highest BCUT2D eigenvalue weighted by atomic mass is 35.5. The molecule has 1 fully saturated rings. The van der Waals surface area contributed by atoms with Gasteiger partial charge in [0.05, 0.1) is 34.1 Å². The smallest absolute Gasteiger partial charge is 0.410 e. The van der Waals surface area contributed by atoms with E-state index >= 15 is 0 Å². The van der Waals surface area contributed by atoms with Crippen LogP contribution in [0, 0.1) is 0 Å². The molecular formula is C41H74B3ClN4O10. The van der Waals surface area contributed by atoms with E-state index in [1.807, 2.05) is 50.6 Å². The lowest BCUT2D eigenvalue weighted by Crippen LogP contribution is -2.44. The van der Waals surface area contributed by atoms with E-state index in [-0.39, 0.29) is 18.9 Å². The van der Waals surface area contributed by atoms with Gasteiger partial charge in [-0.25, -0.2) is 9.48 Å². The molecule has 0 bridgehead atoms. The molecule has 2 heterocycles. The molecule has 0 aliphatic carbocycles. The van der Waals surface area contributed by atoms with Crippen molar-refractivity contribution in [2.24, 2.45) is 0 Å². The molecule has 3 rings (SSSR count). The number of nitrogens with one attached hydrogen (secondary N) is 1. The summed E-state index contributed by atoms with van der Waals surface area (Å²) in [5, 5.41) is 52.5. The van der Waals surface area contributed by atoms with Crippen molar-refractivity contribution in [3.05, 3.63) is 28.9 Å². The van der Waals surface area contributed by atoms with E-state index in [4.69, 9.17) is 59.2 Å². The van der Waals surface area contributed by atoms with Gasteiger partial charge in [0.15, 0.2) is 6.23 Å². The number of carbonyl (C=O) groups is 2. The lowest BCUT2D eigenvalue weighted by molar-refractivity contribution is -0.109. The van der Waals surface area contributed by atoms with Gasteiger partial charge in [-0.3, -0.25) is 4.79 Å². The average Bonchev–Trinajstić information content (AvgIpc) is 3.54. The van der Waals surface area contributed by atoms with Gasteiger partial charge in [0.25, 0.3) is 0 Å². The Hall–Kier alpha value is -2.63. The van der Waals surface area contributed by atoms with Crippen LogP contribution in [0.4, 0.5) is 4.79 Å². The number of halogens is 1. The van der Waals surface area contributed by atoms with Crippen molar-refractivity contribution in [2.75, 3.05) is 46.6 Å². The minimum Gasteiger partial charge on any atom is -0.444 e. The fourth-order valence-corrected chi connectivity index (χ4v) is 4.13. The zero-order valence-corrected chi connectivity index (χ0v) is 39.0. The minimum absolute atomic E-state index is 0.0280. The molecule has 6 N–H and O–H groups in total. The van der Waals surface area contributed by atoms with E-state index in [9.17, 15) is 9.59 Å². The second kappa shape index (κ2) is 29.6. The van der Waals surface area contributed by atoms with Gasteiger partial charge in [0.1, 0.15) is 13.4 Å². The number of hydrogen-bond acceptors (Lipinski definition) is 11. The summed E-state index contributed by atoms with van der Waals surface area (Å²) in [5.74, 6) is 0. The molecule has 1 unspecified atom stereocenters. The van der Waals surface area contributed by atoms with Crippen LogP contribution < -0.4 is 10.8 Å². The van der Waals surface area contributed by atoms with Crippen LogP contribution in [0.15, 0.2) is 18.3 Å². The molecule has 1 aliphatic heterocycles. The highest BCUT2D eigenvalue weighted by molar-refractivity contribution is 6.75. The minimum atomic E-state index is -1.01. The number of methoxy groups -OCH3 is 1.